The summed E-state index contributed by atoms with van der Waals surface area (Å²) in [6.45, 7) is 4.45. The van der Waals surface area contributed by atoms with Crippen molar-refractivity contribution in [3.63, 3.8) is 0 Å². The number of aryl methyl sites for hydroxylation is 1. The third-order valence-electron chi connectivity index (χ3n) is 2.57. The fraction of sp³-hybridized carbons (Fsp3) is 0.462. The average molecular weight is 266 g/mol. The summed E-state index contributed by atoms with van der Waals surface area (Å²) in [6, 6.07) is 2.31. The maximum absolute atomic E-state index is 4.05. The molecule has 0 atom stereocenters. The first kappa shape index (κ1) is 12.7. The van der Waals surface area contributed by atoms with Gasteiger partial charge in [0, 0.05) is 23.2 Å². The quantitative estimate of drug-likeness (QED) is 0.625. The van der Waals surface area contributed by atoms with Gasteiger partial charge in [0.05, 0.1) is 10.5 Å². The molecule has 0 radical (unpaired) electrons. The van der Waals surface area contributed by atoms with Crippen molar-refractivity contribution in [2.75, 3.05) is 5.75 Å². The smallest absolute Gasteiger partial charge is 0.0921 e. The SMILES string of the molecule is CCCCSc1sc(Cc2cnc[nH]2)cc1C. The van der Waals surface area contributed by atoms with Gasteiger partial charge in [-0.15, -0.1) is 23.1 Å². The third kappa shape index (κ3) is 3.61. The van der Waals surface area contributed by atoms with Crippen molar-refractivity contribution in [3.05, 3.63) is 34.7 Å². The zero-order valence-corrected chi connectivity index (χ0v) is 12.0. The molecular formula is C13H18N2S2. The van der Waals surface area contributed by atoms with Crippen LogP contribution in [0.1, 0.15) is 35.9 Å². The molecule has 4 heteroatoms. The van der Waals surface area contributed by atoms with E-state index in [1.54, 1.807) is 6.33 Å². The van der Waals surface area contributed by atoms with Crippen molar-refractivity contribution >= 4 is 23.1 Å². The van der Waals surface area contributed by atoms with E-state index in [0.717, 1.165) is 6.42 Å². The lowest BCUT2D eigenvalue weighted by Crippen LogP contribution is -1.82. The lowest BCUT2D eigenvalue weighted by molar-refractivity contribution is 0.896. The van der Waals surface area contributed by atoms with Gasteiger partial charge < -0.3 is 4.98 Å². The highest BCUT2D eigenvalue weighted by Gasteiger charge is 2.07. The first-order valence-electron chi connectivity index (χ1n) is 5.99. The third-order valence-corrected chi connectivity index (χ3v) is 5.29. The number of nitrogens with zero attached hydrogens (tertiary/aromatic N) is 1. The monoisotopic (exact) mass is 266 g/mol. The van der Waals surface area contributed by atoms with Crippen LogP contribution in [0, 0.1) is 6.92 Å². The minimum atomic E-state index is 0.972. The van der Waals surface area contributed by atoms with E-state index in [4.69, 9.17) is 0 Å². The van der Waals surface area contributed by atoms with Crippen LogP contribution in [-0.4, -0.2) is 15.7 Å². The highest BCUT2D eigenvalue weighted by Crippen LogP contribution is 2.33. The Morgan fingerprint density at radius 3 is 3.06 bits per heavy atom. The summed E-state index contributed by atoms with van der Waals surface area (Å²) >= 11 is 3.92. The molecule has 0 aromatic carbocycles. The van der Waals surface area contributed by atoms with Crippen LogP contribution in [0.4, 0.5) is 0 Å². The lowest BCUT2D eigenvalue weighted by Gasteiger charge is -1.97. The molecule has 2 aromatic rings. The first-order chi connectivity index (χ1) is 8.29. The van der Waals surface area contributed by atoms with Crippen LogP contribution < -0.4 is 0 Å². The topological polar surface area (TPSA) is 28.7 Å². The largest absolute Gasteiger partial charge is 0.348 e. The number of hydrogen-bond donors (Lipinski definition) is 1. The molecule has 0 saturated carbocycles. The van der Waals surface area contributed by atoms with Gasteiger partial charge in [-0.1, -0.05) is 13.3 Å². The molecule has 1 N–H and O–H groups in total. The Morgan fingerprint density at radius 1 is 1.47 bits per heavy atom. The van der Waals surface area contributed by atoms with Gasteiger partial charge in [-0.3, -0.25) is 0 Å². The van der Waals surface area contributed by atoms with E-state index >= 15 is 0 Å². The predicted molar refractivity (Wildman–Crippen MR) is 76.1 cm³/mol. The van der Waals surface area contributed by atoms with E-state index in [9.17, 15) is 0 Å². The Balaban J connectivity index is 1.98. The van der Waals surface area contributed by atoms with Crippen LogP contribution in [-0.2, 0) is 6.42 Å². The van der Waals surface area contributed by atoms with E-state index in [2.05, 4.69) is 29.9 Å². The molecule has 0 unspecified atom stereocenters. The van der Waals surface area contributed by atoms with Gasteiger partial charge in [0.15, 0.2) is 0 Å². The van der Waals surface area contributed by atoms with E-state index in [0.29, 0.717) is 0 Å². The predicted octanol–water partition coefficient (Wildman–Crippen LogP) is 4.26. The summed E-state index contributed by atoms with van der Waals surface area (Å²) in [5.74, 6) is 1.24. The second kappa shape index (κ2) is 6.26. The molecule has 2 heterocycles. The van der Waals surface area contributed by atoms with Crippen LogP contribution in [0.15, 0.2) is 22.8 Å². The van der Waals surface area contributed by atoms with Crippen molar-refractivity contribution in [2.45, 2.75) is 37.3 Å². The fourth-order valence-electron chi connectivity index (χ4n) is 1.64. The van der Waals surface area contributed by atoms with Crippen LogP contribution in [0.5, 0.6) is 0 Å². The highest BCUT2D eigenvalue weighted by atomic mass is 32.2. The number of nitrogens with one attached hydrogen (secondary N) is 1. The maximum atomic E-state index is 4.05. The first-order valence-corrected chi connectivity index (χ1v) is 7.79. The van der Waals surface area contributed by atoms with Crippen molar-refractivity contribution in [2.24, 2.45) is 0 Å². The summed E-state index contributed by atoms with van der Waals surface area (Å²) in [7, 11) is 0. The van der Waals surface area contributed by atoms with Gasteiger partial charge in [-0.05, 0) is 30.7 Å². The van der Waals surface area contributed by atoms with E-state index in [1.165, 1.54) is 38.9 Å². The number of aromatic amines is 1. The van der Waals surface area contributed by atoms with Crippen molar-refractivity contribution in [3.8, 4) is 0 Å². The van der Waals surface area contributed by atoms with E-state index < -0.39 is 0 Å². The van der Waals surface area contributed by atoms with Gasteiger partial charge >= 0.3 is 0 Å². The van der Waals surface area contributed by atoms with Crippen molar-refractivity contribution in [1.29, 1.82) is 0 Å². The number of imidazole rings is 1. The van der Waals surface area contributed by atoms with Gasteiger partial charge in [0.25, 0.3) is 0 Å². The Kier molecular flexibility index (Phi) is 4.68. The second-order valence-corrected chi connectivity index (χ2v) is 6.64. The fourth-order valence-corrected chi connectivity index (χ4v) is 4.27. The van der Waals surface area contributed by atoms with Gasteiger partial charge in [-0.25, -0.2) is 4.98 Å². The minimum Gasteiger partial charge on any atom is -0.348 e. The lowest BCUT2D eigenvalue weighted by atomic mass is 10.2. The molecule has 92 valence electrons. The molecule has 0 bridgehead atoms. The number of H-pyrrole nitrogens is 1. The Labute approximate surface area is 111 Å². The summed E-state index contributed by atoms with van der Waals surface area (Å²) in [4.78, 5) is 8.63. The zero-order valence-electron chi connectivity index (χ0n) is 10.3. The summed E-state index contributed by atoms with van der Waals surface area (Å²) in [5.41, 5.74) is 2.61. The Bertz CT molecular complexity index is 446. The second-order valence-electron chi connectivity index (χ2n) is 4.14. The standard InChI is InChI=1S/C13H18N2S2/c1-3-4-5-16-13-10(2)6-12(17-13)7-11-8-14-9-15-11/h6,8-9H,3-5,7H2,1-2H3,(H,14,15). The summed E-state index contributed by atoms with van der Waals surface area (Å²) in [5, 5.41) is 0. The molecule has 0 amide bonds. The van der Waals surface area contributed by atoms with Crippen LogP contribution >= 0.6 is 23.1 Å². The molecule has 0 spiro atoms. The number of thioether (sulfide) groups is 1. The van der Waals surface area contributed by atoms with Crippen LogP contribution in [0.2, 0.25) is 0 Å². The van der Waals surface area contributed by atoms with Crippen molar-refractivity contribution < 1.29 is 0 Å². The number of hydrogen-bond acceptors (Lipinski definition) is 3. The van der Waals surface area contributed by atoms with E-state index in [1.807, 2.05) is 29.3 Å². The maximum Gasteiger partial charge on any atom is 0.0921 e. The molecule has 2 nitrogen and oxygen atoms in total. The highest BCUT2D eigenvalue weighted by molar-refractivity contribution is 8.01. The molecular weight excluding hydrogens is 248 g/mol. The average Bonchev–Trinajstić information content (AvgIpc) is 2.91. The Hall–Kier alpha value is -0.740. The van der Waals surface area contributed by atoms with Crippen LogP contribution in [0.3, 0.4) is 0 Å². The van der Waals surface area contributed by atoms with Crippen molar-refractivity contribution in [1.82, 2.24) is 9.97 Å². The number of rotatable bonds is 6. The molecule has 0 aliphatic heterocycles. The van der Waals surface area contributed by atoms with Crippen LogP contribution in [0.25, 0.3) is 0 Å². The van der Waals surface area contributed by atoms with Gasteiger partial charge in [-0.2, -0.15) is 0 Å². The molecule has 0 fully saturated rings. The number of unbranched alkanes of at least 4 members (excludes halogenated alkanes) is 1. The number of thiophene rings is 1. The molecule has 17 heavy (non-hydrogen) atoms. The molecule has 0 aliphatic carbocycles. The molecule has 0 saturated heterocycles. The zero-order chi connectivity index (χ0) is 12.1. The number of aromatic nitrogens is 2. The molecule has 0 aliphatic rings. The normalized spacial score (nSPS) is 10.9. The molecule has 2 aromatic heterocycles. The van der Waals surface area contributed by atoms with E-state index in [-0.39, 0.29) is 0 Å². The summed E-state index contributed by atoms with van der Waals surface area (Å²) in [6.07, 6.45) is 7.20. The van der Waals surface area contributed by atoms with Gasteiger partial charge in [0.1, 0.15) is 0 Å². The minimum absolute atomic E-state index is 0.972. The Morgan fingerprint density at radius 2 is 2.35 bits per heavy atom. The molecule has 2 rings (SSSR count). The summed E-state index contributed by atoms with van der Waals surface area (Å²) < 4.78 is 1.48. The van der Waals surface area contributed by atoms with Gasteiger partial charge in [0.2, 0.25) is 0 Å².